The van der Waals surface area contributed by atoms with E-state index in [1.807, 2.05) is 0 Å². The van der Waals surface area contributed by atoms with Crippen LogP contribution in [-0.2, 0) is 14.8 Å². The molecule has 2 heterocycles. The lowest BCUT2D eigenvalue weighted by atomic mass is 10.1. The number of hydrogen-bond acceptors (Lipinski definition) is 6. The SMILES string of the molecule is CCC(=O)c1ccc(OC(=O)C2=CC=CN3CCS(=O)(=O)N=C23)cc1. The summed E-state index contributed by atoms with van der Waals surface area (Å²) in [5.41, 5.74) is 0.607. The van der Waals surface area contributed by atoms with Gasteiger partial charge in [0.05, 0.1) is 5.75 Å². The Morgan fingerprint density at radius 2 is 1.96 bits per heavy atom. The molecule has 0 unspecified atom stereocenters. The van der Waals surface area contributed by atoms with E-state index in [0.29, 0.717) is 12.0 Å². The monoisotopic (exact) mass is 360 g/mol. The van der Waals surface area contributed by atoms with E-state index in [0.717, 1.165) is 0 Å². The molecule has 2 aliphatic heterocycles. The number of amidine groups is 1. The molecule has 0 saturated heterocycles. The number of benzene rings is 1. The maximum Gasteiger partial charge on any atom is 0.347 e. The molecule has 3 rings (SSSR count). The zero-order valence-electron chi connectivity index (χ0n) is 13.5. The number of nitrogens with zero attached hydrogens (tertiary/aromatic N) is 2. The lowest BCUT2D eigenvalue weighted by Gasteiger charge is -2.28. The van der Waals surface area contributed by atoms with Gasteiger partial charge in [0.1, 0.15) is 11.3 Å². The molecule has 7 nitrogen and oxygen atoms in total. The summed E-state index contributed by atoms with van der Waals surface area (Å²) in [6.07, 6.45) is 5.15. The van der Waals surface area contributed by atoms with Crippen LogP contribution in [0.4, 0.5) is 0 Å². The van der Waals surface area contributed by atoms with Crippen molar-refractivity contribution in [2.24, 2.45) is 4.40 Å². The summed E-state index contributed by atoms with van der Waals surface area (Å²) in [5, 5.41) is 0. The topological polar surface area (TPSA) is 93.1 Å². The number of sulfonamides is 1. The molecule has 0 saturated carbocycles. The van der Waals surface area contributed by atoms with Crippen molar-refractivity contribution in [1.29, 1.82) is 0 Å². The molecule has 0 N–H and O–H groups in total. The van der Waals surface area contributed by atoms with Crippen LogP contribution in [-0.4, -0.2) is 43.2 Å². The number of carbonyl (C=O) groups excluding carboxylic acids is 2. The average Bonchev–Trinajstić information content (AvgIpc) is 2.60. The molecule has 1 aromatic rings. The van der Waals surface area contributed by atoms with Gasteiger partial charge in [-0.1, -0.05) is 6.92 Å². The highest BCUT2D eigenvalue weighted by molar-refractivity contribution is 7.90. The van der Waals surface area contributed by atoms with Crippen LogP contribution >= 0.6 is 0 Å². The van der Waals surface area contributed by atoms with Gasteiger partial charge >= 0.3 is 5.97 Å². The number of carbonyl (C=O) groups is 2. The van der Waals surface area contributed by atoms with Gasteiger partial charge < -0.3 is 9.64 Å². The summed E-state index contributed by atoms with van der Waals surface area (Å²) in [4.78, 5) is 25.6. The van der Waals surface area contributed by atoms with Crippen LogP contribution in [0.15, 0.2) is 52.6 Å². The molecule has 0 aliphatic carbocycles. The summed E-state index contributed by atoms with van der Waals surface area (Å²) >= 11 is 0. The highest BCUT2D eigenvalue weighted by atomic mass is 32.2. The van der Waals surface area contributed by atoms with Crippen LogP contribution in [0.1, 0.15) is 23.7 Å². The van der Waals surface area contributed by atoms with Crippen molar-refractivity contribution >= 4 is 27.6 Å². The molecule has 2 aliphatic rings. The molecule has 0 fully saturated rings. The van der Waals surface area contributed by atoms with E-state index in [1.54, 1.807) is 36.2 Å². The summed E-state index contributed by atoms with van der Waals surface area (Å²) in [6, 6.07) is 6.21. The second-order valence-corrected chi connectivity index (χ2v) is 7.26. The Balaban J connectivity index is 1.81. The molecule has 25 heavy (non-hydrogen) atoms. The number of fused-ring (bicyclic) bond motifs is 1. The van der Waals surface area contributed by atoms with Gasteiger partial charge in [-0.3, -0.25) is 4.79 Å². The Morgan fingerprint density at radius 3 is 2.64 bits per heavy atom. The summed E-state index contributed by atoms with van der Waals surface area (Å²) in [6.45, 7) is 2.00. The van der Waals surface area contributed by atoms with E-state index in [2.05, 4.69) is 4.40 Å². The van der Waals surface area contributed by atoms with Crippen LogP contribution in [0.25, 0.3) is 0 Å². The zero-order valence-corrected chi connectivity index (χ0v) is 14.3. The largest absolute Gasteiger partial charge is 0.423 e. The normalized spacial score (nSPS) is 18.0. The van der Waals surface area contributed by atoms with E-state index >= 15 is 0 Å². The van der Waals surface area contributed by atoms with Gasteiger partial charge in [-0.05, 0) is 36.4 Å². The van der Waals surface area contributed by atoms with Gasteiger partial charge in [0.2, 0.25) is 0 Å². The minimum Gasteiger partial charge on any atom is -0.423 e. The standard InChI is InChI=1S/C17H16N2O5S/c1-2-15(20)12-5-7-13(8-6-12)24-17(21)14-4-3-9-19-10-11-25(22,23)18-16(14)19/h3-9H,2,10-11H2,1H3. The van der Waals surface area contributed by atoms with Crippen molar-refractivity contribution in [3.63, 3.8) is 0 Å². The van der Waals surface area contributed by atoms with Gasteiger partial charge in [-0.15, -0.1) is 4.40 Å². The maximum absolute atomic E-state index is 12.4. The highest BCUT2D eigenvalue weighted by Gasteiger charge is 2.30. The minimum atomic E-state index is -3.58. The van der Waals surface area contributed by atoms with Crippen molar-refractivity contribution in [1.82, 2.24) is 4.90 Å². The zero-order chi connectivity index (χ0) is 18.0. The number of hydrogen-bond donors (Lipinski definition) is 0. The number of ether oxygens (including phenoxy) is 1. The summed E-state index contributed by atoms with van der Waals surface area (Å²) in [7, 11) is -3.58. The van der Waals surface area contributed by atoms with Crippen LogP contribution in [0, 0.1) is 0 Å². The molecule has 0 atom stereocenters. The van der Waals surface area contributed by atoms with E-state index in [4.69, 9.17) is 4.74 Å². The predicted molar refractivity (Wildman–Crippen MR) is 91.8 cm³/mol. The first-order valence-electron chi connectivity index (χ1n) is 7.73. The fourth-order valence-electron chi connectivity index (χ4n) is 2.45. The third kappa shape index (κ3) is 3.69. The summed E-state index contributed by atoms with van der Waals surface area (Å²) < 4.78 is 32.4. The van der Waals surface area contributed by atoms with Gasteiger partial charge in [0.15, 0.2) is 11.6 Å². The molecule has 130 valence electrons. The van der Waals surface area contributed by atoms with Gasteiger partial charge in [-0.25, -0.2) is 13.2 Å². The number of rotatable bonds is 4. The van der Waals surface area contributed by atoms with E-state index in [1.165, 1.54) is 18.2 Å². The maximum atomic E-state index is 12.4. The fraction of sp³-hybridized carbons (Fsp3) is 0.235. The number of allylic oxidation sites excluding steroid dienone is 2. The van der Waals surface area contributed by atoms with Crippen molar-refractivity contribution in [3.05, 3.63) is 53.8 Å². The smallest absolute Gasteiger partial charge is 0.347 e. The van der Waals surface area contributed by atoms with Crippen molar-refractivity contribution < 1.29 is 22.7 Å². The number of ketones is 1. The predicted octanol–water partition coefficient (Wildman–Crippen LogP) is 1.68. The van der Waals surface area contributed by atoms with E-state index < -0.39 is 16.0 Å². The fourth-order valence-corrected chi connectivity index (χ4v) is 3.44. The molecular weight excluding hydrogens is 344 g/mol. The molecule has 0 spiro atoms. The van der Waals surface area contributed by atoms with Crippen molar-refractivity contribution in [3.8, 4) is 5.75 Å². The molecule has 0 bridgehead atoms. The average molecular weight is 360 g/mol. The lowest BCUT2D eigenvalue weighted by molar-refractivity contribution is -0.129. The second-order valence-electron chi connectivity index (χ2n) is 5.51. The Hall–Kier alpha value is -2.74. The highest BCUT2D eigenvalue weighted by Crippen LogP contribution is 2.21. The third-order valence-electron chi connectivity index (χ3n) is 3.79. The Morgan fingerprint density at radius 1 is 1.24 bits per heavy atom. The minimum absolute atomic E-state index is 0.00425. The molecule has 1 aromatic carbocycles. The second kappa shape index (κ2) is 6.64. The molecule has 0 amide bonds. The molecular formula is C17H16N2O5S. The Bertz CT molecular complexity index is 911. The van der Waals surface area contributed by atoms with E-state index in [-0.39, 0.29) is 35.2 Å². The molecule has 8 heteroatoms. The Kier molecular flexibility index (Phi) is 4.54. The van der Waals surface area contributed by atoms with Crippen LogP contribution in [0.3, 0.4) is 0 Å². The van der Waals surface area contributed by atoms with Crippen LogP contribution in [0.2, 0.25) is 0 Å². The number of Topliss-reactive ketones (excluding diaryl/α,β-unsaturated/α-hetero) is 1. The summed E-state index contributed by atoms with van der Waals surface area (Å²) in [5.74, 6) is -0.485. The third-order valence-corrected chi connectivity index (χ3v) is 4.94. The first kappa shape index (κ1) is 17.1. The van der Waals surface area contributed by atoms with Gasteiger partial charge in [0, 0.05) is 24.7 Å². The van der Waals surface area contributed by atoms with Gasteiger partial charge in [0.25, 0.3) is 10.0 Å². The molecule has 0 radical (unpaired) electrons. The van der Waals surface area contributed by atoms with Crippen molar-refractivity contribution in [2.45, 2.75) is 13.3 Å². The van der Waals surface area contributed by atoms with Crippen molar-refractivity contribution in [2.75, 3.05) is 12.3 Å². The van der Waals surface area contributed by atoms with Gasteiger partial charge in [-0.2, -0.15) is 0 Å². The first-order chi connectivity index (χ1) is 11.9. The van der Waals surface area contributed by atoms with E-state index in [9.17, 15) is 18.0 Å². The quantitative estimate of drug-likeness (QED) is 0.461. The van der Waals surface area contributed by atoms with Crippen LogP contribution < -0.4 is 4.74 Å². The number of esters is 1. The lowest BCUT2D eigenvalue weighted by Crippen LogP contribution is -2.40. The first-order valence-corrected chi connectivity index (χ1v) is 9.34. The van der Waals surface area contributed by atoms with Crippen LogP contribution in [0.5, 0.6) is 5.75 Å². The molecule has 0 aromatic heterocycles. The Labute approximate surface area is 145 Å².